The lowest BCUT2D eigenvalue weighted by atomic mass is 9.97. The maximum absolute atomic E-state index is 13.4. The van der Waals surface area contributed by atoms with Crippen LogP contribution < -0.4 is 4.74 Å². The van der Waals surface area contributed by atoms with E-state index in [0.717, 1.165) is 4.90 Å². The van der Waals surface area contributed by atoms with Crippen LogP contribution in [0.25, 0.3) is 11.0 Å². The topological polar surface area (TPSA) is 67.6 Å². The molecule has 0 saturated heterocycles. The molecular formula is C24H21F2N3O3. The summed E-state index contributed by atoms with van der Waals surface area (Å²) in [6, 6.07) is 7.93. The number of carbonyl (C=O) groups excluding carboxylic acids is 1. The molecule has 0 aliphatic carbocycles. The third-order valence-electron chi connectivity index (χ3n) is 5.89. The smallest absolute Gasteiger partial charge is 0.387 e. The summed E-state index contributed by atoms with van der Waals surface area (Å²) in [5.41, 5.74) is 2.06. The first kappa shape index (κ1) is 17.2. The van der Waals surface area contributed by atoms with Crippen LogP contribution in [0, 0.1) is 17.8 Å². The van der Waals surface area contributed by atoms with Crippen molar-refractivity contribution >= 4 is 16.9 Å². The molecule has 0 unspecified atom stereocenters. The fourth-order valence-electron chi connectivity index (χ4n) is 4.44. The molecule has 0 spiro atoms. The van der Waals surface area contributed by atoms with Crippen molar-refractivity contribution in [3.8, 4) is 17.6 Å². The Labute approximate surface area is 187 Å². The average Bonchev–Trinajstić information content (AvgIpc) is 3.29. The molecule has 32 heavy (non-hydrogen) atoms. The molecule has 2 bridgehead atoms. The fraction of sp³-hybridized carbons (Fsp3) is 0.333. The van der Waals surface area contributed by atoms with Crippen molar-refractivity contribution in [2.24, 2.45) is 5.92 Å². The van der Waals surface area contributed by atoms with Gasteiger partial charge in [-0.3, -0.25) is 4.79 Å². The number of amides is 1. The van der Waals surface area contributed by atoms with Crippen LogP contribution in [0.1, 0.15) is 56.8 Å². The second-order valence-electron chi connectivity index (χ2n) is 7.93. The molecule has 3 atom stereocenters. The predicted molar refractivity (Wildman–Crippen MR) is 114 cm³/mol. The molecule has 2 aliphatic rings. The van der Waals surface area contributed by atoms with Crippen LogP contribution in [0.15, 0.2) is 36.4 Å². The summed E-state index contributed by atoms with van der Waals surface area (Å²) in [7, 11) is 0. The summed E-state index contributed by atoms with van der Waals surface area (Å²) in [5.74, 6) is 5.14. The van der Waals surface area contributed by atoms with E-state index in [2.05, 4.69) is 16.8 Å². The lowest BCUT2D eigenvalue weighted by molar-refractivity contribution is -0.0507. The minimum absolute atomic E-state index is 0.00647. The first-order valence-electron chi connectivity index (χ1n) is 11.7. The quantitative estimate of drug-likeness (QED) is 0.630. The molecule has 2 aromatic carbocycles. The molecule has 1 amide bonds. The van der Waals surface area contributed by atoms with E-state index in [0.29, 0.717) is 22.4 Å². The lowest BCUT2D eigenvalue weighted by Gasteiger charge is -2.24. The van der Waals surface area contributed by atoms with E-state index in [9.17, 15) is 18.7 Å². The molecule has 5 rings (SSSR count). The van der Waals surface area contributed by atoms with Gasteiger partial charge < -0.3 is 19.3 Å². The Morgan fingerprint density at radius 2 is 2.19 bits per heavy atom. The largest absolute Gasteiger partial charge is 0.434 e. The molecule has 1 N–H and O–H groups in total. The average molecular weight is 440 g/mol. The van der Waals surface area contributed by atoms with Crippen molar-refractivity contribution in [2.45, 2.75) is 32.0 Å². The third kappa shape index (κ3) is 3.12. The van der Waals surface area contributed by atoms with Crippen molar-refractivity contribution in [1.82, 2.24) is 14.5 Å². The van der Waals surface area contributed by atoms with Gasteiger partial charge in [-0.05, 0) is 37.3 Å². The number of benzene rings is 2. The first-order chi connectivity index (χ1) is 16.6. The molecule has 3 heterocycles. The van der Waals surface area contributed by atoms with Gasteiger partial charge in [-0.25, -0.2) is 4.98 Å². The molecule has 0 fully saturated rings. The van der Waals surface area contributed by atoms with Crippen molar-refractivity contribution in [2.75, 3.05) is 13.6 Å². The number of aliphatic hydroxyl groups excluding tert-OH is 1. The second-order valence-corrected chi connectivity index (χ2v) is 7.93. The number of halogens is 2. The highest BCUT2D eigenvalue weighted by Crippen LogP contribution is 2.49. The highest BCUT2D eigenvalue weighted by Gasteiger charge is 2.44. The van der Waals surface area contributed by atoms with Crippen LogP contribution >= 0.6 is 0 Å². The van der Waals surface area contributed by atoms with Crippen LogP contribution in [-0.2, 0) is 0 Å². The van der Waals surface area contributed by atoms with E-state index in [4.69, 9.17) is 8.85 Å². The van der Waals surface area contributed by atoms with E-state index < -0.39 is 31.6 Å². The Morgan fingerprint density at radius 1 is 1.34 bits per heavy atom. The van der Waals surface area contributed by atoms with Gasteiger partial charge in [0.2, 0.25) is 0 Å². The molecule has 2 aliphatic heterocycles. The SMILES string of the molecule is [2H]C([2H])([2H])N1C(=O)c2cccc(OC(F)F)c2[C@H]2C[C@@H]1c1nc3ccc(C#C[C@@H](C)CO)cc3n12. The van der Waals surface area contributed by atoms with Crippen LogP contribution in [0.2, 0.25) is 0 Å². The second kappa shape index (κ2) is 7.61. The third-order valence-corrected chi connectivity index (χ3v) is 5.89. The molecule has 3 aromatic rings. The monoisotopic (exact) mass is 440 g/mol. The summed E-state index contributed by atoms with van der Waals surface area (Å²) in [6.45, 7) is -4.19. The van der Waals surface area contributed by atoms with Gasteiger partial charge in [0.1, 0.15) is 11.6 Å². The van der Waals surface area contributed by atoms with E-state index in [1.165, 1.54) is 18.2 Å². The zero-order valence-electron chi connectivity index (χ0n) is 20.0. The summed E-state index contributed by atoms with van der Waals surface area (Å²) in [4.78, 5) is 18.9. The van der Waals surface area contributed by atoms with Gasteiger partial charge in [0, 0.05) is 40.1 Å². The van der Waals surface area contributed by atoms with Gasteiger partial charge >= 0.3 is 6.61 Å². The van der Waals surface area contributed by atoms with Crippen molar-refractivity contribution in [3.63, 3.8) is 0 Å². The number of ether oxygens (including phenoxy) is 1. The van der Waals surface area contributed by atoms with Crippen LogP contribution in [0.3, 0.4) is 0 Å². The number of rotatable bonds is 3. The molecule has 0 radical (unpaired) electrons. The first-order valence-corrected chi connectivity index (χ1v) is 10.2. The molecular weight excluding hydrogens is 416 g/mol. The van der Waals surface area contributed by atoms with E-state index in [-0.39, 0.29) is 35.8 Å². The van der Waals surface area contributed by atoms with Crippen molar-refractivity contribution in [1.29, 1.82) is 0 Å². The molecule has 0 saturated carbocycles. The van der Waals surface area contributed by atoms with Crippen LogP contribution in [0.5, 0.6) is 5.75 Å². The Bertz CT molecular complexity index is 1390. The highest BCUT2D eigenvalue weighted by molar-refractivity contribution is 5.97. The molecule has 164 valence electrons. The van der Waals surface area contributed by atoms with Gasteiger partial charge in [-0.15, -0.1) is 0 Å². The number of carbonyl (C=O) groups is 1. The number of aliphatic hydroxyl groups is 1. The Morgan fingerprint density at radius 3 is 2.94 bits per heavy atom. The zero-order chi connectivity index (χ0) is 25.1. The van der Waals surface area contributed by atoms with Gasteiger partial charge in [0.15, 0.2) is 0 Å². The van der Waals surface area contributed by atoms with E-state index in [1.54, 1.807) is 29.7 Å². The summed E-state index contributed by atoms with van der Waals surface area (Å²) < 4.78 is 57.2. The van der Waals surface area contributed by atoms with Gasteiger partial charge in [-0.1, -0.05) is 17.9 Å². The molecule has 1 aromatic heterocycles. The zero-order valence-corrected chi connectivity index (χ0v) is 17.0. The van der Waals surface area contributed by atoms with Crippen LogP contribution in [-0.4, -0.2) is 45.7 Å². The number of imidazole rings is 1. The number of alkyl halides is 2. The number of aromatic nitrogens is 2. The summed E-state index contributed by atoms with van der Waals surface area (Å²) >= 11 is 0. The normalized spacial score (nSPS) is 21.7. The lowest BCUT2D eigenvalue weighted by Crippen LogP contribution is -2.30. The van der Waals surface area contributed by atoms with Gasteiger partial charge in [0.25, 0.3) is 5.91 Å². The van der Waals surface area contributed by atoms with Gasteiger partial charge in [0.05, 0.1) is 29.7 Å². The van der Waals surface area contributed by atoms with E-state index >= 15 is 0 Å². The van der Waals surface area contributed by atoms with Crippen molar-refractivity contribution in [3.05, 3.63) is 58.9 Å². The minimum atomic E-state index is -3.12. The van der Waals surface area contributed by atoms with Gasteiger partial charge in [-0.2, -0.15) is 8.78 Å². The van der Waals surface area contributed by atoms with Crippen molar-refractivity contribution < 1.29 is 27.5 Å². The van der Waals surface area contributed by atoms with E-state index in [1.807, 2.05) is 0 Å². The Balaban J connectivity index is 1.77. The summed E-state index contributed by atoms with van der Waals surface area (Å²) in [5, 5.41) is 9.24. The number of fused-ring (bicyclic) bond motifs is 9. The van der Waals surface area contributed by atoms with Crippen LogP contribution in [0.4, 0.5) is 8.78 Å². The predicted octanol–water partition coefficient (Wildman–Crippen LogP) is 3.74. The summed E-state index contributed by atoms with van der Waals surface area (Å²) in [6.07, 6.45) is 0.149. The fourth-order valence-corrected chi connectivity index (χ4v) is 4.44. The maximum atomic E-state index is 13.4. The number of hydrogen-bond donors (Lipinski definition) is 1. The molecule has 8 heteroatoms. The highest BCUT2D eigenvalue weighted by atomic mass is 19.3. The minimum Gasteiger partial charge on any atom is -0.434 e. The number of hydrogen-bond acceptors (Lipinski definition) is 4. The Kier molecular flexibility index (Phi) is 4.08. The Hall–Kier alpha value is -3.44. The number of nitrogens with zero attached hydrogens (tertiary/aromatic N) is 3. The molecule has 6 nitrogen and oxygen atoms in total. The maximum Gasteiger partial charge on any atom is 0.387 e. The standard InChI is InChI=1S/C24H21F2N3O3/c1-13(12-30)6-7-14-8-9-16-17(10-14)29-18-11-19(22(29)27-16)28(2)23(31)15-4-3-5-20(21(15)18)32-24(25)26/h3-5,8-10,13,18-19,24,30H,11-12H2,1-2H3/t13-,18-,19-/m1/s1/i2D3.